The van der Waals surface area contributed by atoms with Crippen LogP contribution in [0, 0.1) is 5.92 Å². The van der Waals surface area contributed by atoms with Gasteiger partial charge in [-0.05, 0) is 42.0 Å². The molecule has 1 atom stereocenters. The highest BCUT2D eigenvalue weighted by molar-refractivity contribution is 7.21. The van der Waals surface area contributed by atoms with Crippen LogP contribution in [0.1, 0.15) is 30.9 Å². The molecule has 2 heterocycles. The number of thiazole rings is 1. The van der Waals surface area contributed by atoms with Gasteiger partial charge >= 0.3 is 5.97 Å². The third-order valence-electron chi connectivity index (χ3n) is 5.69. The predicted molar refractivity (Wildman–Crippen MR) is 125 cm³/mol. The topological polar surface area (TPSA) is 57.0 Å². The van der Waals surface area contributed by atoms with Crippen LogP contribution in [0.4, 0.5) is 0 Å². The van der Waals surface area contributed by atoms with E-state index in [4.69, 9.17) is 9.72 Å². The first-order valence-electron chi connectivity index (χ1n) is 10.7. The summed E-state index contributed by atoms with van der Waals surface area (Å²) < 4.78 is 8.11. The Kier molecular flexibility index (Phi) is 6.77. The molecule has 0 saturated heterocycles. The van der Waals surface area contributed by atoms with Gasteiger partial charge in [-0.2, -0.15) is 0 Å². The van der Waals surface area contributed by atoms with Crippen LogP contribution in [0.5, 0.6) is 0 Å². The number of imidazole rings is 1. The van der Waals surface area contributed by atoms with Gasteiger partial charge in [-0.1, -0.05) is 43.7 Å². The molecule has 0 amide bonds. The molecule has 0 aliphatic carbocycles. The van der Waals surface area contributed by atoms with Crippen molar-refractivity contribution in [3.05, 3.63) is 72.3 Å². The van der Waals surface area contributed by atoms with E-state index >= 15 is 0 Å². The van der Waals surface area contributed by atoms with E-state index in [0.29, 0.717) is 12.3 Å². The first-order valence-corrected chi connectivity index (χ1v) is 11.5. The SMILES string of the molecule is CCC(CCn1ccnc1)Cc1ccc2nc(-c3ccc(CC(=O)OC)cc3)sc2c1. The number of hydrogen-bond donors (Lipinski definition) is 0. The lowest BCUT2D eigenvalue weighted by molar-refractivity contribution is -0.139. The molecule has 5 nitrogen and oxygen atoms in total. The van der Waals surface area contributed by atoms with Crippen molar-refractivity contribution in [1.82, 2.24) is 14.5 Å². The van der Waals surface area contributed by atoms with Crippen LogP contribution >= 0.6 is 11.3 Å². The van der Waals surface area contributed by atoms with E-state index in [-0.39, 0.29) is 5.97 Å². The quantitative estimate of drug-likeness (QED) is 0.326. The first kappa shape index (κ1) is 21.2. The zero-order valence-electron chi connectivity index (χ0n) is 18.0. The van der Waals surface area contributed by atoms with Gasteiger partial charge in [0.05, 0.1) is 30.1 Å². The number of aromatic nitrogens is 3. The van der Waals surface area contributed by atoms with Gasteiger partial charge in [0.1, 0.15) is 5.01 Å². The molecule has 0 bridgehead atoms. The lowest BCUT2D eigenvalue weighted by Crippen LogP contribution is -2.07. The average molecular weight is 434 g/mol. The van der Waals surface area contributed by atoms with Gasteiger partial charge in [-0.3, -0.25) is 4.79 Å². The van der Waals surface area contributed by atoms with E-state index in [1.165, 1.54) is 23.8 Å². The number of fused-ring (bicyclic) bond motifs is 1. The molecule has 0 fully saturated rings. The number of methoxy groups -OCH3 is 1. The average Bonchev–Trinajstić information content (AvgIpc) is 3.46. The molecule has 1 unspecified atom stereocenters. The minimum absolute atomic E-state index is 0.226. The van der Waals surface area contributed by atoms with Crippen molar-refractivity contribution in [2.45, 2.75) is 39.2 Å². The van der Waals surface area contributed by atoms with E-state index in [2.05, 4.69) is 34.7 Å². The highest BCUT2D eigenvalue weighted by Crippen LogP contribution is 2.31. The molecule has 0 spiro atoms. The van der Waals surface area contributed by atoms with E-state index < -0.39 is 0 Å². The maximum atomic E-state index is 11.4. The van der Waals surface area contributed by atoms with Gasteiger partial charge in [-0.15, -0.1) is 11.3 Å². The summed E-state index contributed by atoms with van der Waals surface area (Å²) in [7, 11) is 1.41. The molecule has 4 rings (SSSR count). The Morgan fingerprint density at radius 3 is 2.68 bits per heavy atom. The molecule has 0 saturated carbocycles. The molecule has 4 aromatic rings. The molecule has 0 aliphatic rings. The number of rotatable bonds is 9. The van der Waals surface area contributed by atoms with Crippen LogP contribution in [0.15, 0.2) is 61.2 Å². The van der Waals surface area contributed by atoms with Crippen molar-refractivity contribution in [2.24, 2.45) is 5.92 Å². The summed E-state index contributed by atoms with van der Waals surface area (Å²) in [6.07, 6.45) is 9.44. The fourth-order valence-electron chi connectivity index (χ4n) is 3.76. The summed E-state index contributed by atoms with van der Waals surface area (Å²) in [6.45, 7) is 3.28. The van der Waals surface area contributed by atoms with Gasteiger partial charge in [0.2, 0.25) is 0 Å². The summed E-state index contributed by atoms with van der Waals surface area (Å²) in [6, 6.07) is 14.6. The zero-order valence-corrected chi connectivity index (χ0v) is 18.8. The third-order valence-corrected chi connectivity index (χ3v) is 6.75. The third kappa shape index (κ3) is 5.39. The van der Waals surface area contributed by atoms with Crippen LogP contribution in [0.2, 0.25) is 0 Å². The van der Waals surface area contributed by atoms with Gasteiger partial charge in [0.25, 0.3) is 0 Å². The monoisotopic (exact) mass is 433 g/mol. The Morgan fingerprint density at radius 1 is 1.16 bits per heavy atom. The van der Waals surface area contributed by atoms with E-state index in [0.717, 1.165) is 41.0 Å². The molecular formula is C25H27N3O2S. The van der Waals surface area contributed by atoms with Crippen molar-refractivity contribution in [2.75, 3.05) is 7.11 Å². The largest absolute Gasteiger partial charge is 0.469 e. The molecule has 6 heteroatoms. The lowest BCUT2D eigenvalue weighted by Gasteiger charge is -2.15. The molecule has 160 valence electrons. The molecule has 31 heavy (non-hydrogen) atoms. The summed E-state index contributed by atoms with van der Waals surface area (Å²) in [5.74, 6) is 0.422. The number of benzene rings is 2. The van der Waals surface area contributed by atoms with Crippen molar-refractivity contribution < 1.29 is 9.53 Å². The van der Waals surface area contributed by atoms with E-state index in [1.54, 1.807) is 11.3 Å². The lowest BCUT2D eigenvalue weighted by atomic mass is 9.94. The first-order chi connectivity index (χ1) is 15.1. The Morgan fingerprint density at radius 2 is 1.97 bits per heavy atom. The molecular weight excluding hydrogens is 406 g/mol. The van der Waals surface area contributed by atoms with Gasteiger partial charge in [0, 0.05) is 24.5 Å². The van der Waals surface area contributed by atoms with Crippen LogP contribution in [-0.4, -0.2) is 27.6 Å². The van der Waals surface area contributed by atoms with Crippen LogP contribution in [0.25, 0.3) is 20.8 Å². The zero-order chi connectivity index (χ0) is 21.6. The Labute approximate surface area is 186 Å². The summed E-state index contributed by atoms with van der Waals surface area (Å²) >= 11 is 1.72. The number of carbonyl (C=O) groups excluding carboxylic acids is 1. The van der Waals surface area contributed by atoms with Crippen molar-refractivity contribution in [3.8, 4) is 10.6 Å². The maximum Gasteiger partial charge on any atom is 0.309 e. The van der Waals surface area contributed by atoms with E-state index in [1.807, 2.05) is 43.0 Å². The number of nitrogens with zero attached hydrogens (tertiary/aromatic N) is 3. The fourth-order valence-corrected chi connectivity index (χ4v) is 4.79. The normalized spacial score (nSPS) is 12.2. The second kappa shape index (κ2) is 9.88. The van der Waals surface area contributed by atoms with Gasteiger partial charge in [-0.25, -0.2) is 9.97 Å². The van der Waals surface area contributed by atoms with Gasteiger partial charge in [0.15, 0.2) is 0 Å². The van der Waals surface area contributed by atoms with Gasteiger partial charge < -0.3 is 9.30 Å². The highest BCUT2D eigenvalue weighted by Gasteiger charge is 2.12. The van der Waals surface area contributed by atoms with Crippen LogP contribution < -0.4 is 0 Å². The second-order valence-electron chi connectivity index (χ2n) is 7.84. The molecule has 0 radical (unpaired) electrons. The minimum atomic E-state index is -0.226. The van der Waals surface area contributed by atoms with Crippen LogP contribution in [-0.2, 0) is 28.9 Å². The van der Waals surface area contributed by atoms with Crippen LogP contribution in [0.3, 0.4) is 0 Å². The van der Waals surface area contributed by atoms with Crippen molar-refractivity contribution in [1.29, 1.82) is 0 Å². The fraction of sp³-hybridized carbons (Fsp3) is 0.320. The molecule has 2 aromatic heterocycles. The predicted octanol–water partition coefficient (Wildman–Crippen LogP) is 5.53. The smallest absolute Gasteiger partial charge is 0.309 e. The minimum Gasteiger partial charge on any atom is -0.469 e. The summed E-state index contributed by atoms with van der Waals surface area (Å²) in [4.78, 5) is 20.4. The standard InChI is InChI=1S/C25H27N3O2S/c1-3-18(10-12-28-13-11-26-17-28)14-20-6-9-22-23(15-20)31-25(27-22)21-7-4-19(5-8-21)16-24(29)30-2/h4-9,11,13,15,17-18H,3,10,12,14,16H2,1-2H3. The molecule has 0 N–H and O–H groups in total. The number of carbonyl (C=O) groups is 1. The molecule has 0 aliphatic heterocycles. The highest BCUT2D eigenvalue weighted by atomic mass is 32.1. The number of aryl methyl sites for hydroxylation is 1. The number of ether oxygens (including phenoxy) is 1. The Hall–Kier alpha value is -2.99. The Bertz CT molecular complexity index is 1130. The number of hydrogen-bond acceptors (Lipinski definition) is 5. The summed E-state index contributed by atoms with van der Waals surface area (Å²) in [5.41, 5.74) is 4.42. The number of esters is 1. The van der Waals surface area contributed by atoms with E-state index in [9.17, 15) is 4.79 Å². The van der Waals surface area contributed by atoms with Crippen molar-refractivity contribution >= 4 is 27.5 Å². The van der Waals surface area contributed by atoms with Crippen molar-refractivity contribution in [3.63, 3.8) is 0 Å². The Balaban J connectivity index is 1.45. The molecule has 2 aromatic carbocycles. The maximum absolute atomic E-state index is 11.4. The summed E-state index contributed by atoms with van der Waals surface area (Å²) in [5, 5.41) is 1.00. The second-order valence-corrected chi connectivity index (χ2v) is 8.87.